The Balaban J connectivity index is 1.74. The Bertz CT molecular complexity index is 1760. The van der Waals surface area contributed by atoms with Crippen molar-refractivity contribution < 1.29 is 32.3 Å². The molecule has 1 aromatic carbocycles. The summed E-state index contributed by atoms with van der Waals surface area (Å²) in [5, 5.41) is 14.8. The van der Waals surface area contributed by atoms with Crippen LogP contribution in [0.25, 0.3) is 5.82 Å². The van der Waals surface area contributed by atoms with E-state index in [9.17, 15) is 32.8 Å². The van der Waals surface area contributed by atoms with E-state index in [-0.39, 0.29) is 51.9 Å². The molecule has 0 aliphatic heterocycles. The molecule has 3 heterocycles. The highest BCUT2D eigenvalue weighted by Crippen LogP contribution is 2.28. The third-order valence-corrected chi connectivity index (χ3v) is 6.45. The number of amides is 2. The molecular formula is C27H22ClF3N8O4. The molecule has 0 aliphatic rings. The Morgan fingerprint density at radius 3 is 2.58 bits per heavy atom. The van der Waals surface area contributed by atoms with E-state index in [1.54, 1.807) is 13.0 Å². The van der Waals surface area contributed by atoms with Gasteiger partial charge in [-0.25, -0.2) is 24.5 Å². The van der Waals surface area contributed by atoms with Crippen molar-refractivity contribution >= 4 is 29.4 Å². The number of Topliss-reactive ketones (excluding diaryl/α,β-unsaturated/α-hetero) is 1. The second-order valence-electron chi connectivity index (χ2n) is 9.17. The number of hydrazine groups is 1. The van der Waals surface area contributed by atoms with Gasteiger partial charge >= 0.3 is 12.3 Å². The van der Waals surface area contributed by atoms with E-state index in [0.717, 1.165) is 29.2 Å². The fraction of sp³-hybridized carbons (Fsp3) is 0.222. The maximum atomic E-state index is 13.8. The number of pyridine rings is 1. The van der Waals surface area contributed by atoms with Gasteiger partial charge in [-0.15, -0.1) is 0 Å². The molecule has 0 saturated heterocycles. The number of nitrogens with zero attached hydrogens (tertiary/aromatic N) is 7. The highest BCUT2D eigenvalue weighted by molar-refractivity contribution is 6.32. The minimum absolute atomic E-state index is 0.0199. The maximum absolute atomic E-state index is 13.8. The molecule has 1 N–H and O–H groups in total. The monoisotopic (exact) mass is 614 g/mol. The van der Waals surface area contributed by atoms with E-state index < -0.39 is 29.7 Å². The number of carbonyl (C=O) groups excluding carboxylic acids is 3. The van der Waals surface area contributed by atoms with Gasteiger partial charge in [0.1, 0.15) is 5.69 Å². The number of imidazole rings is 1. The third-order valence-electron chi connectivity index (χ3n) is 6.16. The molecular weight excluding hydrogens is 593 g/mol. The lowest BCUT2D eigenvalue weighted by Gasteiger charge is -2.19. The number of ketones is 1. The molecule has 0 spiro atoms. The predicted octanol–water partition coefficient (Wildman–Crippen LogP) is 4.13. The van der Waals surface area contributed by atoms with Crippen molar-refractivity contribution in [1.29, 1.82) is 5.26 Å². The van der Waals surface area contributed by atoms with Crippen molar-refractivity contribution in [1.82, 2.24) is 34.8 Å². The Kier molecular flexibility index (Phi) is 8.81. The summed E-state index contributed by atoms with van der Waals surface area (Å²) in [6.07, 6.45) is -2.63. The summed E-state index contributed by atoms with van der Waals surface area (Å²) in [5.41, 5.74) is 2.23. The number of methoxy groups -OCH3 is 1. The average molecular weight is 615 g/mol. The second-order valence-corrected chi connectivity index (χ2v) is 9.58. The normalized spacial score (nSPS) is 11.1. The zero-order chi connectivity index (χ0) is 31.5. The van der Waals surface area contributed by atoms with Gasteiger partial charge in [-0.2, -0.15) is 23.5 Å². The van der Waals surface area contributed by atoms with Gasteiger partial charge in [-0.05, 0) is 48.4 Å². The molecule has 0 atom stereocenters. The van der Waals surface area contributed by atoms with Crippen LogP contribution in [0.5, 0.6) is 0 Å². The van der Waals surface area contributed by atoms with Crippen LogP contribution in [0, 0.1) is 18.3 Å². The molecule has 4 rings (SSSR count). The Hall–Kier alpha value is -5.23. The van der Waals surface area contributed by atoms with Crippen LogP contribution in [0.2, 0.25) is 5.02 Å². The minimum Gasteiger partial charge on any atom is -0.452 e. The van der Waals surface area contributed by atoms with Gasteiger partial charge in [-0.3, -0.25) is 15.0 Å². The predicted molar refractivity (Wildman–Crippen MR) is 144 cm³/mol. The van der Waals surface area contributed by atoms with E-state index >= 15 is 0 Å². The third kappa shape index (κ3) is 6.81. The summed E-state index contributed by atoms with van der Waals surface area (Å²) in [4.78, 5) is 46.3. The molecule has 0 saturated carbocycles. The zero-order valence-electron chi connectivity index (χ0n) is 22.8. The highest BCUT2D eigenvalue weighted by Gasteiger charge is 2.33. The average Bonchev–Trinajstić information content (AvgIpc) is 3.61. The molecule has 43 heavy (non-hydrogen) atoms. The van der Waals surface area contributed by atoms with Crippen LogP contribution in [-0.4, -0.2) is 61.3 Å². The van der Waals surface area contributed by atoms with Gasteiger partial charge in [0.15, 0.2) is 17.3 Å². The first-order valence-corrected chi connectivity index (χ1v) is 12.7. The smallest absolute Gasteiger partial charge is 0.434 e. The molecule has 0 fully saturated rings. The number of hydrogen-bond acceptors (Lipinski definition) is 8. The van der Waals surface area contributed by atoms with Crippen molar-refractivity contribution in [3.8, 4) is 11.9 Å². The lowest BCUT2D eigenvalue weighted by molar-refractivity contribution is -0.141. The summed E-state index contributed by atoms with van der Waals surface area (Å²) in [6, 6.07) is 9.21. The molecule has 0 aliphatic carbocycles. The van der Waals surface area contributed by atoms with E-state index in [1.807, 2.05) is 6.07 Å². The van der Waals surface area contributed by atoms with Gasteiger partial charge < -0.3 is 9.30 Å². The SMILES string of the molecule is COC(=O)N(C)NC(=O)c1cc(C#N)cc(C)c1CC(=O)c1cc(Cn2cnc(C(F)(F)F)c2)nn1-c1ncccc1Cl. The number of nitriles is 1. The summed E-state index contributed by atoms with van der Waals surface area (Å²) < 4.78 is 46.1. The molecule has 3 aromatic heterocycles. The standard InChI is InChI=1S/C27H22ClF3N8O4/c1-15-7-16(11-32)8-19(25(41)36-37(2)26(42)43-3)18(15)10-22(40)21-9-17(12-38-13-23(34-14-38)27(29,30)31)35-39(21)24-20(28)5-4-6-33-24/h4-9,13-14H,10,12H2,1-3H3,(H,36,41). The quantitative estimate of drug-likeness (QED) is 0.241. The summed E-state index contributed by atoms with van der Waals surface area (Å²) in [6.45, 7) is 1.45. The fourth-order valence-corrected chi connectivity index (χ4v) is 4.35. The Labute approximate surface area is 247 Å². The van der Waals surface area contributed by atoms with Gasteiger partial charge in [-0.1, -0.05) is 11.6 Å². The second kappa shape index (κ2) is 12.3. The lowest BCUT2D eigenvalue weighted by atomic mass is 9.93. The maximum Gasteiger partial charge on any atom is 0.434 e. The molecule has 4 aromatic rings. The summed E-state index contributed by atoms with van der Waals surface area (Å²) in [7, 11) is 2.38. The summed E-state index contributed by atoms with van der Waals surface area (Å²) in [5.74, 6) is -1.24. The first-order chi connectivity index (χ1) is 20.3. The van der Waals surface area contributed by atoms with Crippen LogP contribution in [0.3, 0.4) is 0 Å². The fourth-order valence-electron chi connectivity index (χ4n) is 4.15. The molecule has 12 nitrogen and oxygen atoms in total. The van der Waals surface area contributed by atoms with Gasteiger partial charge in [0.25, 0.3) is 5.91 Å². The zero-order valence-corrected chi connectivity index (χ0v) is 23.6. The number of alkyl halides is 3. The first-order valence-electron chi connectivity index (χ1n) is 12.3. The number of aryl methyl sites for hydroxylation is 1. The molecule has 2 amide bonds. The molecule has 222 valence electrons. The number of benzene rings is 1. The van der Waals surface area contributed by atoms with Crippen LogP contribution >= 0.6 is 11.6 Å². The number of hydrogen-bond donors (Lipinski definition) is 1. The van der Waals surface area contributed by atoms with Gasteiger partial charge in [0.05, 0.1) is 42.3 Å². The van der Waals surface area contributed by atoms with E-state index in [2.05, 4.69) is 25.2 Å². The van der Waals surface area contributed by atoms with Crippen molar-refractivity contribution in [2.45, 2.75) is 26.1 Å². The number of aromatic nitrogens is 5. The van der Waals surface area contributed by atoms with Crippen molar-refractivity contribution in [3.63, 3.8) is 0 Å². The molecule has 0 bridgehead atoms. The minimum atomic E-state index is -4.64. The Morgan fingerprint density at radius 1 is 1.21 bits per heavy atom. The molecule has 16 heteroatoms. The molecule has 0 unspecified atom stereocenters. The summed E-state index contributed by atoms with van der Waals surface area (Å²) >= 11 is 6.33. The van der Waals surface area contributed by atoms with E-state index in [0.29, 0.717) is 5.56 Å². The van der Waals surface area contributed by atoms with Crippen LogP contribution in [0.1, 0.15) is 48.9 Å². The number of halogens is 4. The lowest BCUT2D eigenvalue weighted by Crippen LogP contribution is -2.43. The Morgan fingerprint density at radius 2 is 1.95 bits per heavy atom. The van der Waals surface area contributed by atoms with Crippen LogP contribution in [-0.2, 0) is 23.9 Å². The number of carbonyl (C=O) groups is 3. The van der Waals surface area contributed by atoms with Crippen molar-refractivity contribution in [3.05, 3.63) is 93.4 Å². The number of nitrogens with one attached hydrogen (secondary N) is 1. The van der Waals surface area contributed by atoms with E-state index in [4.69, 9.17) is 11.6 Å². The number of ether oxygens (including phenoxy) is 1. The molecule has 0 radical (unpaired) electrons. The van der Waals surface area contributed by atoms with Gasteiger partial charge in [0, 0.05) is 31.4 Å². The largest absolute Gasteiger partial charge is 0.452 e. The number of rotatable bonds is 7. The highest BCUT2D eigenvalue weighted by atomic mass is 35.5. The van der Waals surface area contributed by atoms with Crippen molar-refractivity contribution in [2.24, 2.45) is 0 Å². The van der Waals surface area contributed by atoms with E-state index in [1.165, 1.54) is 42.2 Å². The van der Waals surface area contributed by atoms with Crippen molar-refractivity contribution in [2.75, 3.05) is 14.2 Å². The van der Waals surface area contributed by atoms with Crippen LogP contribution < -0.4 is 5.43 Å². The first kappa shape index (κ1) is 30.7. The van der Waals surface area contributed by atoms with Crippen LogP contribution in [0.4, 0.5) is 18.0 Å². The van der Waals surface area contributed by atoms with Gasteiger partial charge in [0.2, 0.25) is 0 Å². The topological polar surface area (TPSA) is 148 Å². The van der Waals surface area contributed by atoms with Crippen LogP contribution in [0.15, 0.2) is 49.1 Å².